The molecule has 148 valence electrons. The van der Waals surface area contributed by atoms with E-state index < -0.39 is 30.4 Å². The van der Waals surface area contributed by atoms with E-state index in [1.165, 1.54) is 31.2 Å². The molecule has 0 spiro atoms. The zero-order chi connectivity index (χ0) is 20.5. The first-order valence-corrected chi connectivity index (χ1v) is 8.97. The minimum atomic E-state index is -0.921. The second-order valence-corrected chi connectivity index (χ2v) is 6.47. The summed E-state index contributed by atoms with van der Waals surface area (Å²) >= 11 is 5.76. The number of benzene rings is 2. The van der Waals surface area contributed by atoms with Gasteiger partial charge in [0.15, 0.2) is 6.61 Å². The topological polar surface area (TPSA) is 84.5 Å². The molecule has 0 fully saturated rings. The molecule has 0 bridgehead atoms. The van der Waals surface area contributed by atoms with E-state index in [2.05, 4.69) is 10.6 Å². The first kappa shape index (κ1) is 21.4. The molecule has 0 aliphatic rings. The Balaban J connectivity index is 1.68. The quantitative estimate of drug-likeness (QED) is 0.660. The predicted octanol–water partition coefficient (Wildman–Crippen LogP) is 2.50. The summed E-state index contributed by atoms with van der Waals surface area (Å²) in [4.78, 5) is 35.7. The molecule has 2 rings (SSSR count). The van der Waals surface area contributed by atoms with Gasteiger partial charge < -0.3 is 15.4 Å². The molecule has 0 saturated carbocycles. The van der Waals surface area contributed by atoms with E-state index in [4.69, 9.17) is 16.3 Å². The van der Waals surface area contributed by atoms with Crippen LogP contribution in [0.4, 0.5) is 4.39 Å². The first-order valence-electron chi connectivity index (χ1n) is 8.59. The van der Waals surface area contributed by atoms with Gasteiger partial charge in [-0.05, 0) is 55.3 Å². The minimum Gasteiger partial charge on any atom is -0.454 e. The van der Waals surface area contributed by atoms with Crippen molar-refractivity contribution >= 4 is 29.4 Å². The molecule has 0 heterocycles. The van der Waals surface area contributed by atoms with Gasteiger partial charge in [0.25, 0.3) is 11.8 Å². The number of hydrogen-bond acceptors (Lipinski definition) is 4. The molecule has 2 aromatic rings. The molecule has 6 nitrogen and oxygen atoms in total. The third kappa shape index (κ3) is 7.00. The number of amides is 2. The average Bonchev–Trinajstić information content (AvgIpc) is 2.68. The Hall–Kier alpha value is -2.93. The molecule has 0 aromatic heterocycles. The van der Waals surface area contributed by atoms with Gasteiger partial charge in [-0.25, -0.2) is 9.18 Å². The maximum atomic E-state index is 12.8. The number of hydrogen-bond donors (Lipinski definition) is 2. The largest absolute Gasteiger partial charge is 0.454 e. The van der Waals surface area contributed by atoms with E-state index in [1.807, 2.05) is 0 Å². The van der Waals surface area contributed by atoms with E-state index in [0.717, 1.165) is 5.56 Å². The van der Waals surface area contributed by atoms with Crippen LogP contribution in [-0.4, -0.2) is 37.0 Å². The van der Waals surface area contributed by atoms with E-state index in [0.29, 0.717) is 23.6 Å². The Morgan fingerprint density at radius 2 is 1.71 bits per heavy atom. The van der Waals surface area contributed by atoms with Crippen molar-refractivity contribution in [1.82, 2.24) is 10.6 Å². The van der Waals surface area contributed by atoms with Gasteiger partial charge in [0.1, 0.15) is 11.9 Å². The summed E-state index contributed by atoms with van der Waals surface area (Å²) in [5.74, 6) is -1.97. The molecule has 0 aliphatic carbocycles. The van der Waals surface area contributed by atoms with Crippen molar-refractivity contribution in [3.8, 4) is 0 Å². The van der Waals surface area contributed by atoms with Crippen LogP contribution in [0.3, 0.4) is 0 Å². The summed E-state index contributed by atoms with van der Waals surface area (Å²) in [6.45, 7) is 1.33. The van der Waals surface area contributed by atoms with Crippen LogP contribution < -0.4 is 10.6 Å². The zero-order valence-corrected chi connectivity index (χ0v) is 16.0. The first-order chi connectivity index (χ1) is 13.3. The molecule has 0 saturated heterocycles. The van der Waals surface area contributed by atoms with Gasteiger partial charge in [-0.3, -0.25) is 9.59 Å². The lowest BCUT2D eigenvalue weighted by Crippen LogP contribution is -2.41. The number of halogens is 2. The van der Waals surface area contributed by atoms with Crippen LogP contribution in [0.25, 0.3) is 0 Å². The van der Waals surface area contributed by atoms with Crippen LogP contribution >= 0.6 is 11.6 Å². The summed E-state index contributed by atoms with van der Waals surface area (Å²) in [5, 5.41) is 5.59. The Kier molecular flexibility index (Phi) is 7.95. The van der Waals surface area contributed by atoms with E-state index in [1.54, 1.807) is 24.3 Å². The molecule has 0 aliphatic heterocycles. The molecular weight excluding hydrogens is 387 g/mol. The Morgan fingerprint density at radius 3 is 2.36 bits per heavy atom. The molecule has 2 amide bonds. The standard InChI is InChI=1S/C20H20ClFN2O4/c1-13(24-19(26)15-4-6-16(21)7-5-15)20(27)28-12-18(25)23-11-10-14-2-8-17(22)9-3-14/h2-9,13H,10-12H2,1H3,(H,23,25)(H,24,26)/t13-/m0/s1. The Morgan fingerprint density at radius 1 is 1.07 bits per heavy atom. The summed E-state index contributed by atoms with van der Waals surface area (Å²) in [6.07, 6.45) is 0.521. The van der Waals surface area contributed by atoms with Crippen LogP contribution in [0.15, 0.2) is 48.5 Å². The highest BCUT2D eigenvalue weighted by Crippen LogP contribution is 2.09. The van der Waals surface area contributed by atoms with Crippen molar-refractivity contribution in [2.24, 2.45) is 0 Å². The molecule has 8 heteroatoms. The number of carbonyl (C=O) groups excluding carboxylic acids is 3. The fourth-order valence-electron chi connectivity index (χ4n) is 2.25. The maximum Gasteiger partial charge on any atom is 0.328 e. The summed E-state index contributed by atoms with van der Waals surface area (Å²) in [7, 11) is 0. The average molecular weight is 407 g/mol. The Labute approximate surface area is 167 Å². The number of nitrogens with one attached hydrogen (secondary N) is 2. The van der Waals surface area contributed by atoms with Gasteiger partial charge in [-0.2, -0.15) is 0 Å². The second kappa shape index (κ2) is 10.4. The van der Waals surface area contributed by atoms with E-state index >= 15 is 0 Å². The fourth-order valence-corrected chi connectivity index (χ4v) is 2.38. The molecule has 1 atom stereocenters. The summed E-state index contributed by atoms with van der Waals surface area (Å²) in [5.41, 5.74) is 1.22. The number of esters is 1. The van der Waals surface area contributed by atoms with Crippen LogP contribution in [0, 0.1) is 5.82 Å². The maximum absolute atomic E-state index is 12.8. The van der Waals surface area contributed by atoms with Crippen molar-refractivity contribution in [3.05, 3.63) is 70.5 Å². The minimum absolute atomic E-state index is 0.322. The Bertz CT molecular complexity index is 825. The number of rotatable bonds is 8. The van der Waals surface area contributed by atoms with Gasteiger partial charge in [0, 0.05) is 17.1 Å². The molecular formula is C20H20ClFN2O4. The normalized spacial score (nSPS) is 11.4. The van der Waals surface area contributed by atoms with Gasteiger partial charge in [0.05, 0.1) is 0 Å². The third-order valence-electron chi connectivity index (χ3n) is 3.80. The number of carbonyl (C=O) groups is 3. The molecule has 0 radical (unpaired) electrons. The molecule has 2 aromatic carbocycles. The fraction of sp³-hybridized carbons (Fsp3) is 0.250. The van der Waals surface area contributed by atoms with Gasteiger partial charge in [0.2, 0.25) is 0 Å². The molecule has 28 heavy (non-hydrogen) atoms. The smallest absolute Gasteiger partial charge is 0.328 e. The third-order valence-corrected chi connectivity index (χ3v) is 4.05. The van der Waals surface area contributed by atoms with Crippen molar-refractivity contribution in [2.45, 2.75) is 19.4 Å². The lowest BCUT2D eigenvalue weighted by molar-refractivity contribution is -0.150. The summed E-state index contributed by atoms with van der Waals surface area (Å²) in [6, 6.07) is 11.2. The zero-order valence-electron chi connectivity index (χ0n) is 15.2. The van der Waals surface area contributed by atoms with Crippen molar-refractivity contribution in [2.75, 3.05) is 13.2 Å². The monoisotopic (exact) mass is 406 g/mol. The van der Waals surface area contributed by atoms with Crippen LogP contribution in [0.5, 0.6) is 0 Å². The van der Waals surface area contributed by atoms with Crippen molar-refractivity contribution in [1.29, 1.82) is 0 Å². The lowest BCUT2D eigenvalue weighted by Gasteiger charge is -2.13. The summed E-state index contributed by atoms with van der Waals surface area (Å²) < 4.78 is 17.7. The van der Waals surface area contributed by atoms with E-state index in [9.17, 15) is 18.8 Å². The lowest BCUT2D eigenvalue weighted by atomic mass is 10.1. The van der Waals surface area contributed by atoms with Crippen LogP contribution in [-0.2, 0) is 20.7 Å². The highest BCUT2D eigenvalue weighted by molar-refractivity contribution is 6.30. The van der Waals surface area contributed by atoms with Gasteiger partial charge >= 0.3 is 5.97 Å². The van der Waals surface area contributed by atoms with E-state index in [-0.39, 0.29) is 5.82 Å². The van der Waals surface area contributed by atoms with Crippen molar-refractivity contribution in [3.63, 3.8) is 0 Å². The predicted molar refractivity (Wildman–Crippen MR) is 102 cm³/mol. The van der Waals surface area contributed by atoms with Gasteiger partial charge in [-0.1, -0.05) is 23.7 Å². The highest BCUT2D eigenvalue weighted by atomic mass is 35.5. The second-order valence-electron chi connectivity index (χ2n) is 6.04. The molecule has 0 unspecified atom stereocenters. The molecule has 2 N–H and O–H groups in total. The highest BCUT2D eigenvalue weighted by Gasteiger charge is 2.19. The van der Waals surface area contributed by atoms with Gasteiger partial charge in [-0.15, -0.1) is 0 Å². The van der Waals surface area contributed by atoms with Crippen LogP contribution in [0.2, 0.25) is 5.02 Å². The van der Waals surface area contributed by atoms with Crippen molar-refractivity contribution < 1.29 is 23.5 Å². The number of ether oxygens (including phenoxy) is 1. The van der Waals surface area contributed by atoms with Crippen LogP contribution in [0.1, 0.15) is 22.8 Å². The SMILES string of the molecule is C[C@H](NC(=O)c1ccc(Cl)cc1)C(=O)OCC(=O)NCCc1ccc(F)cc1.